The average molecular weight is 401 g/mol. The molecule has 2 amide bonds. The van der Waals surface area contributed by atoms with Gasteiger partial charge >= 0.3 is 6.09 Å². The van der Waals surface area contributed by atoms with Crippen molar-refractivity contribution in [3.8, 4) is 0 Å². The van der Waals surface area contributed by atoms with Crippen molar-refractivity contribution < 1.29 is 14.3 Å². The second-order valence-corrected chi connectivity index (χ2v) is 7.92. The van der Waals surface area contributed by atoms with Gasteiger partial charge in [-0.3, -0.25) is 4.79 Å². The quantitative estimate of drug-likeness (QED) is 0.637. The fourth-order valence-electron chi connectivity index (χ4n) is 2.44. The summed E-state index contributed by atoms with van der Waals surface area (Å²) in [6, 6.07) is 19.2. The molecule has 2 aromatic rings. The van der Waals surface area contributed by atoms with Crippen LogP contribution in [0.4, 0.5) is 4.79 Å². The number of alkyl carbamates (subject to hydrolysis) is 1. The van der Waals surface area contributed by atoms with E-state index in [1.54, 1.807) is 23.7 Å². The second kappa shape index (κ2) is 11.4. The lowest BCUT2D eigenvalue weighted by Crippen LogP contribution is -2.42. The van der Waals surface area contributed by atoms with E-state index in [0.29, 0.717) is 5.75 Å². The molecule has 150 valence electrons. The fraction of sp³-hybridized carbons (Fsp3) is 0.364. The molecule has 1 atom stereocenters. The number of benzene rings is 2. The molecule has 0 fully saturated rings. The van der Waals surface area contributed by atoms with Crippen LogP contribution in [-0.4, -0.2) is 41.8 Å². The molecule has 2 rings (SSSR count). The molecular weight excluding hydrogens is 372 g/mol. The van der Waals surface area contributed by atoms with Gasteiger partial charge in [0.2, 0.25) is 5.91 Å². The molecule has 6 heteroatoms. The number of hydrogen-bond donors (Lipinski definition) is 1. The first-order chi connectivity index (χ1) is 13.5. The molecule has 1 N–H and O–H groups in total. The standard InChI is InChI=1S/C22H28N2O3S/c1-17(2)24(3)21(25)14-19(16-28-20-12-8-5-9-13-20)23-22(26)27-15-18-10-6-4-7-11-18/h4-13,17,19H,14-16H2,1-3H3,(H,23,26)/t19-/m1/s1. The van der Waals surface area contributed by atoms with Crippen LogP contribution in [-0.2, 0) is 16.1 Å². The molecule has 0 unspecified atom stereocenters. The number of hydrogen-bond acceptors (Lipinski definition) is 4. The predicted molar refractivity (Wildman–Crippen MR) is 113 cm³/mol. The Bertz CT molecular complexity index is 738. The Kier molecular flexibility index (Phi) is 8.88. The SMILES string of the molecule is CC(C)N(C)C(=O)C[C@H](CSc1ccccc1)NC(=O)OCc1ccccc1. The van der Waals surface area contributed by atoms with Crippen molar-refractivity contribution in [2.45, 2.75) is 43.9 Å². The first kappa shape index (κ1) is 21.8. The van der Waals surface area contributed by atoms with Gasteiger partial charge in [0, 0.05) is 30.2 Å². The van der Waals surface area contributed by atoms with Crippen LogP contribution in [0.15, 0.2) is 65.6 Å². The first-order valence-electron chi connectivity index (χ1n) is 9.36. The lowest BCUT2D eigenvalue weighted by Gasteiger charge is -2.25. The maximum Gasteiger partial charge on any atom is 0.407 e. The van der Waals surface area contributed by atoms with Crippen LogP contribution in [0.3, 0.4) is 0 Å². The summed E-state index contributed by atoms with van der Waals surface area (Å²) in [5.41, 5.74) is 0.920. The van der Waals surface area contributed by atoms with Crippen LogP contribution in [0.1, 0.15) is 25.8 Å². The van der Waals surface area contributed by atoms with Crippen molar-refractivity contribution in [3.05, 3.63) is 66.2 Å². The Labute approximate surface area is 171 Å². The minimum atomic E-state index is -0.512. The van der Waals surface area contributed by atoms with E-state index in [4.69, 9.17) is 4.74 Å². The molecule has 0 aliphatic heterocycles. The number of thioether (sulfide) groups is 1. The van der Waals surface area contributed by atoms with Gasteiger partial charge in [0.25, 0.3) is 0 Å². The summed E-state index contributed by atoms with van der Waals surface area (Å²) in [5.74, 6) is 0.583. The third-order valence-electron chi connectivity index (χ3n) is 4.32. The van der Waals surface area contributed by atoms with E-state index in [-0.39, 0.29) is 31.0 Å². The number of carbonyl (C=O) groups excluding carboxylic acids is 2. The number of ether oxygens (including phenoxy) is 1. The van der Waals surface area contributed by atoms with Gasteiger partial charge in [-0.2, -0.15) is 0 Å². The highest BCUT2D eigenvalue weighted by Gasteiger charge is 2.21. The van der Waals surface area contributed by atoms with Crippen molar-refractivity contribution in [2.24, 2.45) is 0 Å². The highest BCUT2D eigenvalue weighted by Crippen LogP contribution is 2.19. The summed E-state index contributed by atoms with van der Waals surface area (Å²) in [4.78, 5) is 27.5. The molecule has 0 saturated carbocycles. The van der Waals surface area contributed by atoms with E-state index >= 15 is 0 Å². The molecule has 0 aliphatic rings. The van der Waals surface area contributed by atoms with E-state index in [9.17, 15) is 9.59 Å². The molecule has 5 nitrogen and oxygen atoms in total. The molecule has 2 aromatic carbocycles. The Morgan fingerprint density at radius 2 is 1.64 bits per heavy atom. The zero-order valence-electron chi connectivity index (χ0n) is 16.6. The van der Waals surface area contributed by atoms with Gasteiger partial charge in [-0.05, 0) is 31.5 Å². The minimum Gasteiger partial charge on any atom is -0.445 e. The predicted octanol–water partition coefficient (Wildman–Crippen LogP) is 4.33. The Morgan fingerprint density at radius 1 is 1.04 bits per heavy atom. The van der Waals surface area contributed by atoms with Crippen LogP contribution in [0, 0.1) is 0 Å². The second-order valence-electron chi connectivity index (χ2n) is 6.83. The van der Waals surface area contributed by atoms with Crippen molar-refractivity contribution in [1.82, 2.24) is 10.2 Å². The van der Waals surface area contributed by atoms with Crippen molar-refractivity contribution in [2.75, 3.05) is 12.8 Å². The summed E-state index contributed by atoms with van der Waals surface area (Å²) in [6.45, 7) is 4.13. The summed E-state index contributed by atoms with van der Waals surface area (Å²) in [6.07, 6.45) is -0.280. The molecule has 0 aromatic heterocycles. The summed E-state index contributed by atoms with van der Waals surface area (Å²) in [5, 5.41) is 2.85. The van der Waals surface area contributed by atoms with E-state index in [2.05, 4.69) is 5.32 Å². The first-order valence-corrected chi connectivity index (χ1v) is 10.3. The fourth-order valence-corrected chi connectivity index (χ4v) is 3.38. The largest absolute Gasteiger partial charge is 0.445 e. The number of rotatable bonds is 9. The molecule has 0 heterocycles. The van der Waals surface area contributed by atoms with Crippen LogP contribution < -0.4 is 5.32 Å². The van der Waals surface area contributed by atoms with Crippen LogP contribution in [0.25, 0.3) is 0 Å². The zero-order valence-corrected chi connectivity index (χ0v) is 17.4. The molecule has 28 heavy (non-hydrogen) atoms. The normalized spacial score (nSPS) is 11.7. The minimum absolute atomic E-state index is 0.00276. The number of nitrogens with one attached hydrogen (secondary N) is 1. The molecular formula is C22H28N2O3S. The van der Waals surface area contributed by atoms with Gasteiger partial charge in [0.1, 0.15) is 6.61 Å². The van der Waals surface area contributed by atoms with Crippen LogP contribution >= 0.6 is 11.8 Å². The van der Waals surface area contributed by atoms with E-state index in [0.717, 1.165) is 10.5 Å². The van der Waals surface area contributed by atoms with Gasteiger partial charge in [0.05, 0.1) is 6.04 Å². The van der Waals surface area contributed by atoms with E-state index in [1.807, 2.05) is 74.5 Å². The van der Waals surface area contributed by atoms with E-state index < -0.39 is 6.09 Å². The molecule has 0 radical (unpaired) electrons. The number of amides is 2. The lowest BCUT2D eigenvalue weighted by atomic mass is 10.2. The van der Waals surface area contributed by atoms with Gasteiger partial charge in [-0.25, -0.2) is 4.79 Å². The van der Waals surface area contributed by atoms with Crippen LogP contribution in [0.5, 0.6) is 0 Å². The maximum atomic E-state index is 12.5. The Morgan fingerprint density at radius 3 is 2.25 bits per heavy atom. The summed E-state index contributed by atoms with van der Waals surface area (Å²) >= 11 is 1.61. The zero-order chi connectivity index (χ0) is 20.4. The topological polar surface area (TPSA) is 58.6 Å². The van der Waals surface area contributed by atoms with Crippen LogP contribution in [0.2, 0.25) is 0 Å². The molecule has 0 saturated heterocycles. The summed E-state index contributed by atoms with van der Waals surface area (Å²) in [7, 11) is 1.78. The Balaban J connectivity index is 1.93. The van der Waals surface area contributed by atoms with Gasteiger partial charge < -0.3 is 15.0 Å². The summed E-state index contributed by atoms with van der Waals surface area (Å²) < 4.78 is 5.32. The third kappa shape index (κ3) is 7.64. The number of carbonyl (C=O) groups is 2. The Hall–Kier alpha value is -2.47. The highest BCUT2D eigenvalue weighted by atomic mass is 32.2. The average Bonchev–Trinajstić information content (AvgIpc) is 2.71. The van der Waals surface area contributed by atoms with Gasteiger partial charge in [-0.15, -0.1) is 11.8 Å². The monoisotopic (exact) mass is 400 g/mol. The van der Waals surface area contributed by atoms with Crippen molar-refractivity contribution in [1.29, 1.82) is 0 Å². The lowest BCUT2D eigenvalue weighted by molar-refractivity contribution is -0.131. The van der Waals surface area contributed by atoms with Crippen molar-refractivity contribution >= 4 is 23.8 Å². The molecule has 0 bridgehead atoms. The number of nitrogens with zero attached hydrogens (tertiary/aromatic N) is 1. The molecule has 0 spiro atoms. The van der Waals surface area contributed by atoms with E-state index in [1.165, 1.54) is 0 Å². The molecule has 0 aliphatic carbocycles. The highest BCUT2D eigenvalue weighted by molar-refractivity contribution is 7.99. The van der Waals surface area contributed by atoms with Crippen molar-refractivity contribution in [3.63, 3.8) is 0 Å². The third-order valence-corrected chi connectivity index (χ3v) is 5.49. The smallest absolute Gasteiger partial charge is 0.407 e. The van der Waals surface area contributed by atoms with Gasteiger partial charge in [-0.1, -0.05) is 48.5 Å². The maximum absolute atomic E-state index is 12.5. The van der Waals surface area contributed by atoms with Gasteiger partial charge in [0.15, 0.2) is 0 Å².